The van der Waals surface area contributed by atoms with Gasteiger partial charge >= 0.3 is 0 Å². The van der Waals surface area contributed by atoms with E-state index in [9.17, 15) is 9.00 Å². The van der Waals surface area contributed by atoms with Crippen LogP contribution in [0.1, 0.15) is 5.82 Å². The largest absolute Gasteiger partial charge is 0.318 e. The van der Waals surface area contributed by atoms with Crippen LogP contribution in [-0.2, 0) is 27.9 Å². The van der Waals surface area contributed by atoms with Crippen molar-refractivity contribution in [3.05, 3.63) is 89.7 Å². The Labute approximate surface area is 182 Å². The molecule has 5 nitrogen and oxygen atoms in total. The Morgan fingerprint density at radius 3 is 2.40 bits per heavy atom. The number of hydrogen-bond donors (Lipinski definition) is 0. The average molecular weight is 438 g/mol. The second-order valence-corrected chi connectivity index (χ2v) is 8.72. The number of nitrogens with zero attached hydrogens (tertiary/aromatic N) is 3. The maximum atomic E-state index is 13.0. The summed E-state index contributed by atoms with van der Waals surface area (Å²) in [5.74, 6) is 0.737. The lowest BCUT2D eigenvalue weighted by Gasteiger charge is -2.18. The second-order valence-electron chi connectivity index (χ2n) is 6.83. The maximum Gasteiger partial charge on any atom is 0.246 e. The molecule has 1 amide bonds. The van der Waals surface area contributed by atoms with Crippen molar-refractivity contribution in [2.75, 3.05) is 11.9 Å². The van der Waals surface area contributed by atoms with Gasteiger partial charge in [-0.2, -0.15) is 0 Å². The summed E-state index contributed by atoms with van der Waals surface area (Å²) in [6.45, 7) is 0.110. The van der Waals surface area contributed by atoms with Crippen molar-refractivity contribution in [3.8, 4) is 0 Å². The third-order valence-electron chi connectivity index (χ3n) is 4.88. The number of imidazole rings is 1. The molecule has 0 unspecified atom stereocenters. The Morgan fingerprint density at radius 2 is 1.67 bits per heavy atom. The minimum atomic E-state index is -1.31. The van der Waals surface area contributed by atoms with Crippen molar-refractivity contribution >= 4 is 45.0 Å². The number of aromatic nitrogens is 2. The fraction of sp³-hybridized carbons (Fsp3) is 0.130. The molecule has 1 aromatic heterocycles. The van der Waals surface area contributed by atoms with Crippen LogP contribution in [0, 0.1) is 0 Å². The first-order chi connectivity index (χ1) is 14.5. The molecule has 3 aromatic carbocycles. The Morgan fingerprint density at radius 1 is 1.00 bits per heavy atom. The maximum absolute atomic E-state index is 13.0. The summed E-state index contributed by atoms with van der Waals surface area (Å²) in [4.78, 5) is 19.9. The van der Waals surface area contributed by atoms with Gasteiger partial charge in [0.2, 0.25) is 5.91 Å². The van der Waals surface area contributed by atoms with Gasteiger partial charge in [0, 0.05) is 22.7 Å². The number of fused-ring (bicyclic) bond motifs is 1. The Bertz CT molecular complexity index is 1210. The first-order valence-electron chi connectivity index (χ1n) is 9.42. The number of likely N-dealkylation sites (N-methyl/N-ethyl adjacent to an activating group) is 1. The Hall–Kier alpha value is -2.96. The van der Waals surface area contributed by atoms with Gasteiger partial charge in [-0.25, -0.2) is 4.98 Å². The van der Waals surface area contributed by atoms with Crippen LogP contribution >= 0.6 is 11.6 Å². The van der Waals surface area contributed by atoms with Crippen molar-refractivity contribution in [2.45, 2.75) is 17.2 Å². The molecule has 0 aliphatic rings. The van der Waals surface area contributed by atoms with Crippen LogP contribution in [0.2, 0.25) is 5.02 Å². The first kappa shape index (κ1) is 20.3. The van der Waals surface area contributed by atoms with E-state index in [0.717, 1.165) is 16.7 Å². The lowest BCUT2D eigenvalue weighted by Crippen LogP contribution is -2.30. The third kappa shape index (κ3) is 4.30. The van der Waals surface area contributed by atoms with Crippen LogP contribution in [-0.4, -0.2) is 26.7 Å². The number of carbonyl (C=O) groups excluding carboxylic acids is 1. The predicted molar refractivity (Wildman–Crippen MR) is 121 cm³/mol. The zero-order chi connectivity index (χ0) is 21.1. The monoisotopic (exact) mass is 437 g/mol. The standard InChI is InChI=1S/C23H20ClN3O2S/c1-26(18-7-3-2-4-8-18)23(28)15-27-21-10-6-5-9-20(21)25-22(27)16-30(29)19-13-11-17(24)12-14-19/h2-14H,15-16H2,1H3/t30-/m0/s1. The van der Waals surface area contributed by atoms with E-state index in [1.807, 2.05) is 59.2 Å². The number of anilines is 1. The van der Waals surface area contributed by atoms with Gasteiger partial charge in [-0.3, -0.25) is 9.00 Å². The van der Waals surface area contributed by atoms with Crippen LogP contribution in [0.3, 0.4) is 0 Å². The minimum absolute atomic E-state index is 0.0807. The van der Waals surface area contributed by atoms with E-state index >= 15 is 0 Å². The van der Waals surface area contributed by atoms with E-state index < -0.39 is 10.8 Å². The highest BCUT2D eigenvalue weighted by Crippen LogP contribution is 2.21. The van der Waals surface area contributed by atoms with Crippen molar-refractivity contribution in [1.29, 1.82) is 0 Å². The van der Waals surface area contributed by atoms with E-state index in [0.29, 0.717) is 15.7 Å². The summed E-state index contributed by atoms with van der Waals surface area (Å²) in [5, 5.41) is 0.595. The normalized spacial score (nSPS) is 12.1. The van der Waals surface area contributed by atoms with Gasteiger partial charge in [0.1, 0.15) is 12.4 Å². The highest BCUT2D eigenvalue weighted by Gasteiger charge is 2.19. The molecule has 4 rings (SSSR count). The van der Waals surface area contributed by atoms with E-state index in [2.05, 4.69) is 4.98 Å². The van der Waals surface area contributed by atoms with Gasteiger partial charge in [-0.1, -0.05) is 41.9 Å². The average Bonchev–Trinajstić information content (AvgIpc) is 3.11. The molecule has 0 aliphatic heterocycles. The molecule has 0 bridgehead atoms. The third-order valence-corrected chi connectivity index (χ3v) is 6.45. The lowest BCUT2D eigenvalue weighted by atomic mass is 10.3. The summed E-state index contributed by atoms with van der Waals surface area (Å²) in [7, 11) is 0.444. The van der Waals surface area contributed by atoms with Crippen LogP contribution in [0.5, 0.6) is 0 Å². The smallest absolute Gasteiger partial charge is 0.246 e. The summed E-state index contributed by atoms with van der Waals surface area (Å²) in [5.41, 5.74) is 2.43. The molecule has 4 aromatic rings. The van der Waals surface area contributed by atoms with E-state index in [4.69, 9.17) is 11.6 Å². The molecule has 0 spiro atoms. The molecule has 0 aliphatic carbocycles. The second kappa shape index (κ2) is 8.81. The minimum Gasteiger partial charge on any atom is -0.318 e. The van der Waals surface area contributed by atoms with Gasteiger partial charge in [-0.15, -0.1) is 0 Å². The SMILES string of the molecule is CN(C(=O)Cn1c(C[S@](=O)c2ccc(Cl)cc2)nc2ccccc21)c1ccccc1. The number of hydrogen-bond acceptors (Lipinski definition) is 3. The molecule has 152 valence electrons. The molecule has 1 atom stereocenters. The summed E-state index contributed by atoms with van der Waals surface area (Å²) in [6.07, 6.45) is 0. The lowest BCUT2D eigenvalue weighted by molar-refractivity contribution is -0.118. The predicted octanol–water partition coefficient (Wildman–Crippen LogP) is 4.66. The van der Waals surface area contributed by atoms with Crippen molar-refractivity contribution in [1.82, 2.24) is 9.55 Å². The highest BCUT2D eigenvalue weighted by atomic mass is 35.5. The van der Waals surface area contributed by atoms with Gasteiger partial charge in [0.25, 0.3) is 0 Å². The number of carbonyl (C=O) groups is 1. The zero-order valence-electron chi connectivity index (χ0n) is 16.4. The number of rotatable bonds is 6. The molecule has 7 heteroatoms. The Balaban J connectivity index is 1.64. The molecule has 0 radical (unpaired) electrons. The topological polar surface area (TPSA) is 55.2 Å². The molecular formula is C23H20ClN3O2S. The summed E-state index contributed by atoms with van der Waals surface area (Å²) < 4.78 is 14.8. The van der Waals surface area contributed by atoms with Crippen LogP contribution < -0.4 is 4.90 Å². The van der Waals surface area contributed by atoms with Crippen LogP contribution in [0.4, 0.5) is 5.69 Å². The van der Waals surface area contributed by atoms with Gasteiger partial charge in [0.05, 0.1) is 27.6 Å². The summed E-state index contributed by atoms with van der Waals surface area (Å²) >= 11 is 5.94. The van der Waals surface area contributed by atoms with Crippen molar-refractivity contribution in [2.24, 2.45) is 0 Å². The van der Waals surface area contributed by atoms with Crippen molar-refractivity contribution in [3.63, 3.8) is 0 Å². The Kier molecular flexibility index (Phi) is 5.97. The molecule has 0 N–H and O–H groups in total. The number of amides is 1. The molecule has 0 fully saturated rings. The van der Waals surface area contributed by atoms with E-state index in [-0.39, 0.29) is 18.2 Å². The van der Waals surface area contributed by atoms with Crippen molar-refractivity contribution < 1.29 is 9.00 Å². The highest BCUT2D eigenvalue weighted by molar-refractivity contribution is 7.84. The fourth-order valence-corrected chi connectivity index (χ4v) is 4.42. The number of benzene rings is 3. The molecule has 30 heavy (non-hydrogen) atoms. The molecule has 1 heterocycles. The zero-order valence-corrected chi connectivity index (χ0v) is 17.9. The summed E-state index contributed by atoms with van der Waals surface area (Å²) in [6, 6.07) is 24.0. The molecule has 0 saturated heterocycles. The number of para-hydroxylation sites is 3. The van der Waals surface area contributed by atoms with Gasteiger partial charge in [-0.05, 0) is 48.5 Å². The van der Waals surface area contributed by atoms with E-state index in [1.165, 1.54) is 0 Å². The first-order valence-corrected chi connectivity index (χ1v) is 11.1. The molecule has 0 saturated carbocycles. The number of halogens is 1. The quantitative estimate of drug-likeness (QED) is 0.440. The fourth-order valence-electron chi connectivity index (χ4n) is 3.24. The van der Waals surface area contributed by atoms with E-state index in [1.54, 1.807) is 36.2 Å². The molecular weight excluding hydrogens is 418 g/mol. The van der Waals surface area contributed by atoms with Crippen LogP contribution in [0.25, 0.3) is 11.0 Å². The van der Waals surface area contributed by atoms with Gasteiger partial charge in [0.15, 0.2) is 0 Å². The van der Waals surface area contributed by atoms with Gasteiger partial charge < -0.3 is 9.47 Å². The van der Waals surface area contributed by atoms with Crippen LogP contribution in [0.15, 0.2) is 83.8 Å².